The zero-order valence-corrected chi connectivity index (χ0v) is 8.26. The Morgan fingerprint density at radius 2 is 1.20 bits per heavy atom. The number of rotatable bonds is 0. The molecule has 2 heteroatoms. The predicted octanol–water partition coefficient (Wildman–Crippen LogP) is 2.32. The van der Waals surface area contributed by atoms with Crippen molar-refractivity contribution in [3.05, 3.63) is 38.4 Å². The molecule has 0 saturated carbocycles. The summed E-state index contributed by atoms with van der Waals surface area (Å²) in [4.78, 5) is 3.72. The fraction of sp³-hybridized carbons (Fsp3) is 0.250. The van der Waals surface area contributed by atoms with Crippen LogP contribution in [-0.2, 0) is 19.5 Å². The molecule has 0 aliphatic carbocycles. The first-order chi connectivity index (χ1) is 4.50. The Hall–Kier alpha value is -0.0966. The van der Waals surface area contributed by atoms with Gasteiger partial charge in [0.05, 0.1) is 0 Å². The van der Waals surface area contributed by atoms with Crippen molar-refractivity contribution < 1.29 is 19.5 Å². The summed E-state index contributed by atoms with van der Waals surface area (Å²) in [6.07, 6.45) is 3.50. The maximum absolute atomic E-state index is 3.72. The van der Waals surface area contributed by atoms with Crippen LogP contribution in [0.25, 0.3) is 0 Å². The quantitative estimate of drug-likeness (QED) is 0.488. The van der Waals surface area contributed by atoms with Crippen molar-refractivity contribution in [1.82, 2.24) is 4.98 Å². The van der Waals surface area contributed by atoms with Gasteiger partial charge in [-0.25, -0.2) is 0 Å². The molecule has 0 aliphatic rings. The van der Waals surface area contributed by atoms with Crippen LogP contribution in [0.4, 0.5) is 0 Å². The Morgan fingerprint density at radius 1 is 0.900 bits per heavy atom. The monoisotopic (exact) mass is 226 g/mol. The van der Waals surface area contributed by atoms with Crippen LogP contribution in [0.2, 0.25) is 0 Å². The van der Waals surface area contributed by atoms with Gasteiger partial charge in [0.25, 0.3) is 0 Å². The molecule has 1 radical (unpaired) electrons. The van der Waals surface area contributed by atoms with Gasteiger partial charge in [-0.05, 0) is 0 Å². The van der Waals surface area contributed by atoms with Crippen LogP contribution in [0, 0.1) is 13.8 Å². The summed E-state index contributed by atoms with van der Waals surface area (Å²) in [5.41, 5.74) is 0. The minimum atomic E-state index is 0. The normalized spacial score (nSPS) is 5.20. The standard InChI is InChI=1S/C4H4N.2C2H5.Ru/c1-2-4-5-3-1;2*1-2;/h1-4H;2*1H2,2H3;/q3*-1;+3. The summed E-state index contributed by atoms with van der Waals surface area (Å²) in [6.45, 7) is 10.0. The van der Waals surface area contributed by atoms with Crippen LogP contribution < -0.4 is 4.98 Å². The first kappa shape index (κ1) is 16.5. The summed E-state index contributed by atoms with van der Waals surface area (Å²) >= 11 is 0. The molecule has 0 amide bonds. The van der Waals surface area contributed by atoms with E-state index in [1.54, 1.807) is 26.2 Å². The molecule has 0 fully saturated rings. The van der Waals surface area contributed by atoms with E-state index in [0.29, 0.717) is 0 Å². The van der Waals surface area contributed by atoms with Gasteiger partial charge >= 0.3 is 19.5 Å². The van der Waals surface area contributed by atoms with E-state index in [-0.39, 0.29) is 19.5 Å². The zero-order chi connectivity index (χ0) is 7.54. The Bertz CT molecular complexity index is 65.7. The van der Waals surface area contributed by atoms with E-state index in [1.165, 1.54) is 0 Å². The molecule has 59 valence electrons. The topological polar surface area (TPSA) is 14.1 Å². The van der Waals surface area contributed by atoms with Crippen LogP contribution in [0.1, 0.15) is 13.8 Å². The molecule has 0 aliphatic heterocycles. The third-order valence-corrected chi connectivity index (χ3v) is 0.455. The summed E-state index contributed by atoms with van der Waals surface area (Å²) in [7, 11) is 0. The van der Waals surface area contributed by atoms with Crippen LogP contribution in [0.3, 0.4) is 0 Å². The van der Waals surface area contributed by atoms with Gasteiger partial charge in [0.1, 0.15) is 0 Å². The van der Waals surface area contributed by atoms with Gasteiger partial charge in [0.2, 0.25) is 0 Å². The molecule has 0 bridgehead atoms. The minimum Gasteiger partial charge on any atom is -0.670 e. The second kappa shape index (κ2) is 23.1. The molecule has 1 heterocycles. The Morgan fingerprint density at radius 3 is 1.30 bits per heavy atom. The Balaban J connectivity index is -0.0000000875. The summed E-state index contributed by atoms with van der Waals surface area (Å²) in [5, 5.41) is 0. The van der Waals surface area contributed by atoms with Crippen molar-refractivity contribution in [2.45, 2.75) is 13.8 Å². The number of hydrogen-bond acceptors (Lipinski definition) is 0. The summed E-state index contributed by atoms with van der Waals surface area (Å²) in [5.74, 6) is 0. The largest absolute Gasteiger partial charge is 3.00 e. The van der Waals surface area contributed by atoms with Crippen LogP contribution in [-0.4, -0.2) is 0 Å². The van der Waals surface area contributed by atoms with Gasteiger partial charge in [0, 0.05) is 0 Å². The molecule has 1 nitrogen and oxygen atoms in total. The molecule has 0 spiro atoms. The van der Waals surface area contributed by atoms with Gasteiger partial charge < -0.3 is 18.8 Å². The van der Waals surface area contributed by atoms with E-state index < -0.39 is 0 Å². The van der Waals surface area contributed by atoms with Crippen molar-refractivity contribution in [2.75, 3.05) is 0 Å². The smallest absolute Gasteiger partial charge is 0.670 e. The van der Waals surface area contributed by atoms with Gasteiger partial charge in [-0.3, -0.25) is 0 Å². The molecule has 0 saturated heterocycles. The first-order valence-corrected chi connectivity index (χ1v) is 2.93. The van der Waals surface area contributed by atoms with Crippen molar-refractivity contribution in [3.8, 4) is 0 Å². The van der Waals surface area contributed by atoms with Crippen LogP contribution in [0.5, 0.6) is 0 Å². The third kappa shape index (κ3) is 15.7. The first-order valence-electron chi connectivity index (χ1n) is 2.93. The van der Waals surface area contributed by atoms with Crippen molar-refractivity contribution in [3.63, 3.8) is 0 Å². The maximum Gasteiger partial charge on any atom is 3.00 e. The summed E-state index contributed by atoms with van der Waals surface area (Å²) in [6, 6.07) is 3.78. The fourth-order valence-electron chi connectivity index (χ4n) is 0.248. The van der Waals surface area contributed by atoms with Crippen LogP contribution >= 0.6 is 0 Å². The number of hydrogen-bond donors (Lipinski definition) is 0. The molecule has 1 aromatic heterocycles. The average Bonchev–Trinajstić information content (AvgIpc) is 2.51. The Kier molecular flexibility index (Phi) is 38.1. The van der Waals surface area contributed by atoms with E-state index in [2.05, 4.69) is 18.8 Å². The van der Waals surface area contributed by atoms with Crippen molar-refractivity contribution in [1.29, 1.82) is 0 Å². The third-order valence-electron chi connectivity index (χ3n) is 0.455. The Labute approximate surface area is 77.0 Å². The minimum absolute atomic E-state index is 0. The molecule has 1 aromatic rings. The molecule has 1 rings (SSSR count). The molecule has 0 N–H and O–H groups in total. The van der Waals surface area contributed by atoms with Crippen LogP contribution in [0.15, 0.2) is 24.5 Å². The second-order valence-electron chi connectivity index (χ2n) is 0.832. The van der Waals surface area contributed by atoms with E-state index in [4.69, 9.17) is 0 Å². The SMILES string of the molecule is [CH2-]C.[CH2-]C.[Ru+3].c1cc[n-]c1. The second-order valence-corrected chi connectivity index (χ2v) is 0.832. The average molecular weight is 225 g/mol. The molecule has 0 unspecified atom stereocenters. The van der Waals surface area contributed by atoms with E-state index in [1.807, 2.05) is 12.1 Å². The van der Waals surface area contributed by atoms with Gasteiger partial charge in [-0.2, -0.15) is 26.2 Å². The van der Waals surface area contributed by atoms with Gasteiger partial charge in [0.15, 0.2) is 0 Å². The number of aromatic nitrogens is 1. The molecular formula is C8H14NRu. The van der Waals surface area contributed by atoms with Gasteiger partial charge in [-0.15, -0.1) is 0 Å². The summed E-state index contributed by atoms with van der Waals surface area (Å²) < 4.78 is 0. The molecule has 0 aromatic carbocycles. The fourth-order valence-corrected chi connectivity index (χ4v) is 0.248. The molecular weight excluding hydrogens is 211 g/mol. The molecule has 10 heavy (non-hydrogen) atoms. The van der Waals surface area contributed by atoms with Crippen molar-refractivity contribution >= 4 is 0 Å². The van der Waals surface area contributed by atoms with Crippen molar-refractivity contribution in [2.24, 2.45) is 0 Å². The van der Waals surface area contributed by atoms with Gasteiger partial charge in [-0.1, -0.05) is 12.1 Å². The molecule has 0 atom stereocenters. The number of nitrogens with zero attached hydrogens (tertiary/aromatic N) is 1. The maximum atomic E-state index is 3.72. The van der Waals surface area contributed by atoms with E-state index in [9.17, 15) is 0 Å². The zero-order valence-electron chi connectivity index (χ0n) is 6.52. The van der Waals surface area contributed by atoms with E-state index >= 15 is 0 Å². The van der Waals surface area contributed by atoms with E-state index in [0.717, 1.165) is 0 Å². The predicted molar refractivity (Wildman–Crippen MR) is 41.8 cm³/mol.